The van der Waals surface area contributed by atoms with E-state index in [-0.39, 0.29) is 23.9 Å². The standard InChI is InChI=1S/C8H9ClN2O3/c9-6-2-1-5(14-6)8(13)11-4-3-7(10)12/h1-2H,3-4H2,(H2,10,12)(H,11,13). The molecular weight excluding hydrogens is 208 g/mol. The zero-order valence-electron chi connectivity index (χ0n) is 7.25. The maximum atomic E-state index is 11.2. The van der Waals surface area contributed by atoms with E-state index in [1.165, 1.54) is 12.1 Å². The highest BCUT2D eigenvalue weighted by atomic mass is 35.5. The fourth-order valence-electron chi connectivity index (χ4n) is 0.823. The molecular formula is C8H9ClN2O3. The molecule has 1 aromatic rings. The Balaban J connectivity index is 2.39. The minimum atomic E-state index is -0.470. The van der Waals surface area contributed by atoms with Gasteiger partial charge in [-0.05, 0) is 23.7 Å². The summed E-state index contributed by atoms with van der Waals surface area (Å²) < 4.78 is 4.84. The van der Waals surface area contributed by atoms with Gasteiger partial charge in [0.2, 0.25) is 5.91 Å². The molecule has 0 saturated carbocycles. The molecule has 0 atom stereocenters. The van der Waals surface area contributed by atoms with Gasteiger partial charge < -0.3 is 15.5 Å². The van der Waals surface area contributed by atoms with Crippen molar-refractivity contribution < 1.29 is 14.0 Å². The molecule has 1 heterocycles. The van der Waals surface area contributed by atoms with Crippen molar-refractivity contribution in [3.05, 3.63) is 23.1 Å². The van der Waals surface area contributed by atoms with Gasteiger partial charge in [0.15, 0.2) is 11.0 Å². The Bertz CT molecular complexity index is 348. The Labute approximate surface area is 85.2 Å². The molecule has 5 nitrogen and oxygen atoms in total. The Kier molecular flexibility index (Phi) is 3.53. The van der Waals surface area contributed by atoms with E-state index in [1.807, 2.05) is 0 Å². The van der Waals surface area contributed by atoms with Crippen LogP contribution in [0.25, 0.3) is 0 Å². The highest BCUT2D eigenvalue weighted by molar-refractivity contribution is 6.29. The van der Waals surface area contributed by atoms with Crippen LogP contribution in [0.2, 0.25) is 5.22 Å². The predicted octanol–water partition coefficient (Wildman–Crippen LogP) is 0.538. The van der Waals surface area contributed by atoms with Crippen LogP contribution in [0.1, 0.15) is 17.0 Å². The SMILES string of the molecule is NC(=O)CCNC(=O)c1ccc(Cl)o1. The second-order valence-electron chi connectivity index (χ2n) is 2.58. The van der Waals surface area contributed by atoms with Crippen LogP contribution >= 0.6 is 11.6 Å². The molecule has 0 aliphatic rings. The summed E-state index contributed by atoms with van der Waals surface area (Å²) in [7, 11) is 0. The highest BCUT2D eigenvalue weighted by Gasteiger charge is 2.09. The lowest BCUT2D eigenvalue weighted by Gasteiger charge is -1.99. The molecule has 0 aromatic carbocycles. The van der Waals surface area contributed by atoms with Gasteiger partial charge in [-0.15, -0.1) is 0 Å². The molecule has 0 fully saturated rings. The van der Waals surface area contributed by atoms with Gasteiger partial charge in [0, 0.05) is 13.0 Å². The molecule has 0 saturated heterocycles. The quantitative estimate of drug-likeness (QED) is 0.770. The van der Waals surface area contributed by atoms with Crippen LogP contribution in [0.15, 0.2) is 16.5 Å². The minimum absolute atomic E-state index is 0.0974. The molecule has 14 heavy (non-hydrogen) atoms. The summed E-state index contributed by atoms with van der Waals surface area (Å²) in [6.07, 6.45) is 0.0974. The molecule has 1 aromatic heterocycles. The third kappa shape index (κ3) is 3.10. The lowest BCUT2D eigenvalue weighted by Crippen LogP contribution is -2.27. The molecule has 0 aliphatic heterocycles. The van der Waals surface area contributed by atoms with Crippen LogP contribution in [-0.2, 0) is 4.79 Å². The number of hydrogen-bond donors (Lipinski definition) is 2. The largest absolute Gasteiger partial charge is 0.440 e. The molecule has 2 amide bonds. The third-order valence-electron chi connectivity index (χ3n) is 1.45. The third-order valence-corrected chi connectivity index (χ3v) is 1.66. The average Bonchev–Trinajstić information content (AvgIpc) is 2.51. The van der Waals surface area contributed by atoms with Crippen molar-refractivity contribution in [1.29, 1.82) is 0 Å². The first-order valence-corrected chi connectivity index (χ1v) is 4.29. The van der Waals surface area contributed by atoms with Crippen molar-refractivity contribution in [2.75, 3.05) is 6.54 Å². The monoisotopic (exact) mass is 216 g/mol. The van der Waals surface area contributed by atoms with Gasteiger partial charge in [-0.3, -0.25) is 9.59 Å². The smallest absolute Gasteiger partial charge is 0.287 e. The molecule has 0 spiro atoms. The number of carbonyl (C=O) groups excluding carboxylic acids is 2. The Morgan fingerprint density at radius 3 is 2.71 bits per heavy atom. The van der Waals surface area contributed by atoms with E-state index < -0.39 is 11.8 Å². The number of halogens is 1. The fraction of sp³-hybridized carbons (Fsp3) is 0.250. The summed E-state index contributed by atoms with van der Waals surface area (Å²) in [5.41, 5.74) is 4.89. The number of hydrogen-bond acceptors (Lipinski definition) is 3. The molecule has 0 unspecified atom stereocenters. The van der Waals surface area contributed by atoms with Gasteiger partial charge in [-0.25, -0.2) is 0 Å². The van der Waals surface area contributed by atoms with Gasteiger partial charge in [0.25, 0.3) is 5.91 Å². The Morgan fingerprint density at radius 1 is 1.50 bits per heavy atom. The first-order valence-electron chi connectivity index (χ1n) is 3.91. The topological polar surface area (TPSA) is 85.3 Å². The molecule has 6 heteroatoms. The second-order valence-corrected chi connectivity index (χ2v) is 2.95. The van der Waals surface area contributed by atoms with Gasteiger partial charge >= 0.3 is 0 Å². The molecule has 76 valence electrons. The van der Waals surface area contributed by atoms with Crippen LogP contribution in [0.4, 0.5) is 0 Å². The van der Waals surface area contributed by atoms with Gasteiger partial charge in [0.05, 0.1) is 0 Å². The predicted molar refractivity (Wildman–Crippen MR) is 49.9 cm³/mol. The number of primary amides is 1. The zero-order chi connectivity index (χ0) is 10.6. The highest BCUT2D eigenvalue weighted by Crippen LogP contribution is 2.12. The fourth-order valence-corrected chi connectivity index (χ4v) is 0.969. The van der Waals surface area contributed by atoms with Crippen LogP contribution in [0.5, 0.6) is 0 Å². The van der Waals surface area contributed by atoms with Crippen molar-refractivity contribution in [3.8, 4) is 0 Å². The minimum Gasteiger partial charge on any atom is -0.440 e. The first-order chi connectivity index (χ1) is 6.59. The van der Waals surface area contributed by atoms with E-state index in [9.17, 15) is 9.59 Å². The maximum Gasteiger partial charge on any atom is 0.287 e. The summed E-state index contributed by atoms with van der Waals surface area (Å²) in [6, 6.07) is 2.91. The average molecular weight is 217 g/mol. The molecule has 1 rings (SSSR count). The van der Waals surface area contributed by atoms with Crippen molar-refractivity contribution in [3.63, 3.8) is 0 Å². The number of rotatable bonds is 4. The second kappa shape index (κ2) is 4.66. The van der Waals surface area contributed by atoms with Crippen LogP contribution < -0.4 is 11.1 Å². The number of amides is 2. The number of nitrogens with one attached hydrogen (secondary N) is 1. The van der Waals surface area contributed by atoms with E-state index in [2.05, 4.69) is 5.32 Å². The van der Waals surface area contributed by atoms with E-state index in [0.29, 0.717) is 0 Å². The summed E-state index contributed by atoms with van der Waals surface area (Å²) in [5.74, 6) is -0.777. The summed E-state index contributed by atoms with van der Waals surface area (Å²) in [6.45, 7) is 0.187. The summed E-state index contributed by atoms with van der Waals surface area (Å²) in [5, 5.41) is 2.60. The molecule has 3 N–H and O–H groups in total. The maximum absolute atomic E-state index is 11.2. The lowest BCUT2D eigenvalue weighted by atomic mass is 10.4. The van der Waals surface area contributed by atoms with Gasteiger partial charge in [0.1, 0.15) is 0 Å². The Hall–Kier alpha value is -1.49. The summed E-state index contributed by atoms with van der Waals surface area (Å²) >= 11 is 5.47. The number of carbonyl (C=O) groups is 2. The number of nitrogens with two attached hydrogens (primary N) is 1. The normalized spacial score (nSPS) is 9.79. The summed E-state index contributed by atoms with van der Waals surface area (Å²) in [4.78, 5) is 21.6. The lowest BCUT2D eigenvalue weighted by molar-refractivity contribution is -0.117. The van der Waals surface area contributed by atoms with E-state index in [4.69, 9.17) is 21.8 Å². The van der Waals surface area contributed by atoms with E-state index in [0.717, 1.165) is 0 Å². The van der Waals surface area contributed by atoms with Crippen molar-refractivity contribution in [1.82, 2.24) is 5.32 Å². The molecule has 0 bridgehead atoms. The molecule has 0 aliphatic carbocycles. The van der Waals surface area contributed by atoms with Crippen LogP contribution in [0, 0.1) is 0 Å². The van der Waals surface area contributed by atoms with Gasteiger partial charge in [-0.2, -0.15) is 0 Å². The van der Waals surface area contributed by atoms with E-state index >= 15 is 0 Å². The molecule has 0 radical (unpaired) electrons. The Morgan fingerprint density at radius 2 is 2.21 bits per heavy atom. The number of furan rings is 1. The van der Waals surface area contributed by atoms with Crippen molar-refractivity contribution in [2.45, 2.75) is 6.42 Å². The van der Waals surface area contributed by atoms with Gasteiger partial charge in [-0.1, -0.05) is 0 Å². The zero-order valence-corrected chi connectivity index (χ0v) is 8.00. The van der Waals surface area contributed by atoms with Crippen LogP contribution in [0.3, 0.4) is 0 Å². The first kappa shape index (κ1) is 10.6. The van der Waals surface area contributed by atoms with Crippen molar-refractivity contribution >= 4 is 23.4 Å². The van der Waals surface area contributed by atoms with Crippen LogP contribution in [-0.4, -0.2) is 18.4 Å². The van der Waals surface area contributed by atoms with Crippen molar-refractivity contribution in [2.24, 2.45) is 5.73 Å². The van der Waals surface area contributed by atoms with E-state index in [1.54, 1.807) is 0 Å².